The average molecular weight is 258 g/mol. The number of hydrogen-bond acceptors (Lipinski definition) is 4. The zero-order valence-corrected chi connectivity index (χ0v) is 11.5. The van der Waals surface area contributed by atoms with Gasteiger partial charge in [0.2, 0.25) is 5.95 Å². The lowest BCUT2D eigenvalue weighted by Crippen LogP contribution is -2.45. The summed E-state index contributed by atoms with van der Waals surface area (Å²) in [5.41, 5.74) is 5.75. The Labute approximate surface area is 114 Å². The zero-order valence-electron chi connectivity index (χ0n) is 11.5. The summed E-state index contributed by atoms with van der Waals surface area (Å²) < 4.78 is 0. The molecule has 2 N–H and O–H groups in total. The van der Waals surface area contributed by atoms with Crippen molar-refractivity contribution in [3.05, 3.63) is 11.6 Å². The molecule has 0 amide bonds. The number of anilines is 1. The van der Waals surface area contributed by atoms with Gasteiger partial charge in [0, 0.05) is 6.42 Å². The van der Waals surface area contributed by atoms with Crippen molar-refractivity contribution < 1.29 is 0 Å². The Balaban J connectivity index is 1.56. The van der Waals surface area contributed by atoms with E-state index >= 15 is 0 Å². The summed E-state index contributed by atoms with van der Waals surface area (Å²) in [4.78, 5) is 12.9. The molecule has 4 aliphatic rings. The normalized spacial score (nSPS) is 39.7. The number of nitrogens with two attached hydrogens (primary N) is 1. The molecule has 5 rings (SSSR count). The third kappa shape index (κ3) is 2.01. The average Bonchev–Trinajstić information content (AvgIpc) is 2.31. The van der Waals surface area contributed by atoms with Crippen LogP contribution < -0.4 is 5.73 Å². The number of nitrogen functional groups attached to an aromatic ring is 1. The van der Waals surface area contributed by atoms with Gasteiger partial charge in [0.05, 0.1) is 0 Å². The fraction of sp³-hybridized carbons (Fsp3) is 0.800. The summed E-state index contributed by atoms with van der Waals surface area (Å²) in [6.07, 6.45) is 8.35. The van der Waals surface area contributed by atoms with E-state index < -0.39 is 0 Å². The molecular formula is C15H22N4. The largest absolute Gasteiger partial charge is 0.368 e. The molecule has 4 fully saturated rings. The zero-order chi connectivity index (χ0) is 13.0. The van der Waals surface area contributed by atoms with E-state index in [1.165, 1.54) is 32.1 Å². The Kier molecular flexibility index (Phi) is 2.54. The van der Waals surface area contributed by atoms with Gasteiger partial charge in [0.1, 0.15) is 11.6 Å². The molecular weight excluding hydrogens is 236 g/mol. The lowest BCUT2D eigenvalue weighted by atomic mass is 9.51. The van der Waals surface area contributed by atoms with Crippen LogP contribution in [-0.2, 0) is 6.42 Å². The molecule has 1 heterocycles. The van der Waals surface area contributed by atoms with Crippen LogP contribution in [0.3, 0.4) is 0 Å². The first-order valence-corrected chi connectivity index (χ1v) is 7.64. The predicted octanol–water partition coefficient (Wildman–Crippen LogP) is 2.38. The summed E-state index contributed by atoms with van der Waals surface area (Å²) in [5.74, 6) is 6.77. The molecule has 4 bridgehead atoms. The number of nitrogens with zero attached hydrogens (tertiary/aromatic N) is 3. The van der Waals surface area contributed by atoms with Crippen molar-refractivity contribution in [2.75, 3.05) is 5.73 Å². The summed E-state index contributed by atoms with van der Waals surface area (Å²) in [6, 6.07) is 0. The molecule has 1 aromatic rings. The highest BCUT2D eigenvalue weighted by atomic mass is 15.1. The van der Waals surface area contributed by atoms with Gasteiger partial charge < -0.3 is 5.73 Å². The lowest BCUT2D eigenvalue weighted by Gasteiger charge is -2.54. The monoisotopic (exact) mass is 258 g/mol. The summed E-state index contributed by atoms with van der Waals surface area (Å²) in [5, 5.41) is 0. The van der Waals surface area contributed by atoms with E-state index in [2.05, 4.69) is 15.0 Å². The van der Waals surface area contributed by atoms with Crippen molar-refractivity contribution in [1.29, 1.82) is 0 Å². The molecule has 0 saturated heterocycles. The molecule has 0 atom stereocenters. The number of aryl methyl sites for hydroxylation is 1. The van der Waals surface area contributed by atoms with Crippen LogP contribution in [0.5, 0.6) is 0 Å². The maximum atomic E-state index is 5.75. The van der Waals surface area contributed by atoms with E-state index in [9.17, 15) is 0 Å². The number of aromatic nitrogens is 3. The van der Waals surface area contributed by atoms with Crippen molar-refractivity contribution in [3.63, 3.8) is 0 Å². The maximum Gasteiger partial charge on any atom is 0.223 e. The lowest BCUT2D eigenvalue weighted by molar-refractivity contribution is -0.0367. The second-order valence-electron chi connectivity index (χ2n) is 6.96. The van der Waals surface area contributed by atoms with Gasteiger partial charge >= 0.3 is 0 Å². The smallest absolute Gasteiger partial charge is 0.223 e. The van der Waals surface area contributed by atoms with Crippen LogP contribution in [0.4, 0.5) is 5.95 Å². The van der Waals surface area contributed by atoms with Crippen LogP contribution in [0.2, 0.25) is 0 Å². The van der Waals surface area contributed by atoms with Gasteiger partial charge in [-0.15, -0.1) is 0 Å². The van der Waals surface area contributed by atoms with E-state index in [0.29, 0.717) is 5.95 Å². The number of hydrogen-bond donors (Lipinski definition) is 1. The SMILES string of the molecule is Cc1nc(N)nc(CC2C3CC4CC(C3)CC2C4)n1. The third-order valence-electron chi connectivity index (χ3n) is 5.65. The topological polar surface area (TPSA) is 64.7 Å². The Morgan fingerprint density at radius 1 is 0.947 bits per heavy atom. The quantitative estimate of drug-likeness (QED) is 0.884. The summed E-state index contributed by atoms with van der Waals surface area (Å²) in [7, 11) is 0. The second-order valence-corrected chi connectivity index (χ2v) is 6.96. The van der Waals surface area contributed by atoms with Gasteiger partial charge in [-0.2, -0.15) is 9.97 Å². The first-order valence-electron chi connectivity index (χ1n) is 7.64. The first-order chi connectivity index (χ1) is 9.17. The van der Waals surface area contributed by atoms with E-state index in [1.807, 2.05) is 6.92 Å². The van der Waals surface area contributed by atoms with Crippen molar-refractivity contribution >= 4 is 5.95 Å². The molecule has 0 radical (unpaired) electrons. The van der Waals surface area contributed by atoms with Crippen molar-refractivity contribution in [1.82, 2.24) is 15.0 Å². The second kappa shape index (κ2) is 4.15. The Morgan fingerprint density at radius 2 is 1.58 bits per heavy atom. The van der Waals surface area contributed by atoms with Crippen LogP contribution in [0.25, 0.3) is 0 Å². The molecule has 0 spiro atoms. The van der Waals surface area contributed by atoms with Gasteiger partial charge in [0.15, 0.2) is 0 Å². The van der Waals surface area contributed by atoms with Crippen LogP contribution in [0.15, 0.2) is 0 Å². The molecule has 19 heavy (non-hydrogen) atoms. The molecule has 0 unspecified atom stereocenters. The molecule has 4 aliphatic carbocycles. The predicted molar refractivity (Wildman–Crippen MR) is 73.2 cm³/mol. The summed E-state index contributed by atoms with van der Waals surface area (Å²) >= 11 is 0. The Morgan fingerprint density at radius 3 is 2.16 bits per heavy atom. The Hall–Kier alpha value is -1.19. The highest BCUT2D eigenvalue weighted by Gasteiger charge is 2.48. The molecule has 4 heteroatoms. The van der Waals surface area contributed by atoms with Gasteiger partial charge in [-0.25, -0.2) is 4.98 Å². The van der Waals surface area contributed by atoms with Crippen LogP contribution in [-0.4, -0.2) is 15.0 Å². The fourth-order valence-corrected chi connectivity index (χ4v) is 5.23. The molecule has 1 aromatic heterocycles. The molecule has 4 saturated carbocycles. The van der Waals surface area contributed by atoms with Gasteiger partial charge in [-0.3, -0.25) is 0 Å². The summed E-state index contributed by atoms with van der Waals surface area (Å²) in [6.45, 7) is 1.90. The van der Waals surface area contributed by atoms with E-state index in [-0.39, 0.29) is 0 Å². The third-order valence-corrected chi connectivity index (χ3v) is 5.65. The van der Waals surface area contributed by atoms with Gasteiger partial charge in [-0.1, -0.05) is 0 Å². The van der Waals surface area contributed by atoms with Gasteiger partial charge in [0.25, 0.3) is 0 Å². The standard InChI is InChI=1S/C15H22N4/c1-8-17-14(19-15(16)18-8)7-13-11-3-9-2-10(5-11)6-12(13)4-9/h9-13H,2-7H2,1H3,(H2,16,17,18,19). The van der Waals surface area contributed by atoms with Crippen molar-refractivity contribution in [2.24, 2.45) is 29.6 Å². The van der Waals surface area contributed by atoms with Gasteiger partial charge in [-0.05, 0) is 68.6 Å². The van der Waals surface area contributed by atoms with Crippen molar-refractivity contribution in [3.8, 4) is 0 Å². The maximum absolute atomic E-state index is 5.75. The highest BCUT2D eigenvalue weighted by Crippen LogP contribution is 2.57. The molecule has 102 valence electrons. The molecule has 0 aliphatic heterocycles. The van der Waals surface area contributed by atoms with Crippen LogP contribution >= 0.6 is 0 Å². The first kappa shape index (κ1) is 11.6. The molecule has 0 aromatic carbocycles. The van der Waals surface area contributed by atoms with E-state index in [4.69, 9.17) is 5.73 Å². The van der Waals surface area contributed by atoms with E-state index in [0.717, 1.165) is 47.7 Å². The minimum absolute atomic E-state index is 0.381. The van der Waals surface area contributed by atoms with Crippen LogP contribution in [0.1, 0.15) is 43.8 Å². The van der Waals surface area contributed by atoms with Crippen molar-refractivity contribution in [2.45, 2.75) is 45.4 Å². The fourth-order valence-electron chi connectivity index (χ4n) is 5.23. The molecule has 4 nitrogen and oxygen atoms in total. The highest BCUT2D eigenvalue weighted by molar-refractivity contribution is 5.16. The minimum Gasteiger partial charge on any atom is -0.368 e. The Bertz CT molecular complexity index is 451. The van der Waals surface area contributed by atoms with Crippen LogP contribution in [0, 0.1) is 36.5 Å². The van der Waals surface area contributed by atoms with E-state index in [1.54, 1.807) is 0 Å². The minimum atomic E-state index is 0.381. The number of rotatable bonds is 2.